The van der Waals surface area contributed by atoms with Gasteiger partial charge >= 0.3 is 0 Å². The number of carbonyl (C=O) groups is 1. The maximum atomic E-state index is 13.0. The van der Waals surface area contributed by atoms with Gasteiger partial charge in [-0.2, -0.15) is 0 Å². The smallest absolute Gasteiger partial charge is 0.251 e. The lowest BCUT2D eigenvalue weighted by Gasteiger charge is -2.28. The van der Waals surface area contributed by atoms with Crippen LogP contribution < -0.4 is 5.32 Å². The van der Waals surface area contributed by atoms with E-state index in [0.29, 0.717) is 0 Å². The molecular formula is C11H14FNO4S. The van der Waals surface area contributed by atoms with Crippen molar-refractivity contribution in [1.82, 2.24) is 5.32 Å². The van der Waals surface area contributed by atoms with Crippen molar-refractivity contribution in [3.63, 3.8) is 0 Å². The van der Waals surface area contributed by atoms with Crippen molar-refractivity contribution in [3.05, 3.63) is 29.6 Å². The number of rotatable bonds is 5. The average Bonchev–Trinajstić information content (AvgIpc) is 2.39. The van der Waals surface area contributed by atoms with Gasteiger partial charge in [0.2, 0.25) is 0 Å². The van der Waals surface area contributed by atoms with Gasteiger partial charge < -0.3 is 20.6 Å². The standard InChI is InChI=1S/C11H14FNO4S/c12-8-2-1-7(3-9(8)18)10(17)13-11(4-14,5-15)6-16/h1-3,14-16,18H,4-6H2,(H,13,17). The molecule has 0 aliphatic heterocycles. The summed E-state index contributed by atoms with van der Waals surface area (Å²) in [4.78, 5) is 11.8. The van der Waals surface area contributed by atoms with E-state index in [1.807, 2.05) is 0 Å². The van der Waals surface area contributed by atoms with E-state index in [1.54, 1.807) is 0 Å². The number of hydrogen-bond donors (Lipinski definition) is 5. The molecule has 0 radical (unpaired) electrons. The van der Waals surface area contributed by atoms with Crippen molar-refractivity contribution in [3.8, 4) is 0 Å². The molecular weight excluding hydrogens is 261 g/mol. The fourth-order valence-corrected chi connectivity index (χ4v) is 1.45. The second-order valence-corrected chi connectivity index (χ2v) is 4.36. The quantitative estimate of drug-likeness (QED) is 0.471. The first kappa shape index (κ1) is 14.9. The van der Waals surface area contributed by atoms with E-state index < -0.39 is 37.1 Å². The molecule has 0 fully saturated rings. The molecule has 0 atom stereocenters. The number of thiol groups is 1. The Hall–Kier alpha value is -1.15. The molecule has 0 heterocycles. The Morgan fingerprint density at radius 2 is 1.83 bits per heavy atom. The Kier molecular flexibility index (Phi) is 5.09. The summed E-state index contributed by atoms with van der Waals surface area (Å²) in [6.45, 7) is -1.87. The van der Waals surface area contributed by atoms with Crippen LogP contribution in [0.2, 0.25) is 0 Å². The predicted octanol–water partition coefficient (Wildman–Crippen LogP) is -0.440. The number of benzene rings is 1. The Morgan fingerprint density at radius 1 is 1.28 bits per heavy atom. The summed E-state index contributed by atoms with van der Waals surface area (Å²) in [5.41, 5.74) is -1.40. The zero-order valence-electron chi connectivity index (χ0n) is 9.43. The monoisotopic (exact) mass is 275 g/mol. The zero-order chi connectivity index (χ0) is 13.8. The highest BCUT2D eigenvalue weighted by Gasteiger charge is 2.30. The Labute approximate surface area is 109 Å². The zero-order valence-corrected chi connectivity index (χ0v) is 10.3. The van der Waals surface area contributed by atoms with Gasteiger partial charge in [0, 0.05) is 10.5 Å². The van der Waals surface area contributed by atoms with Crippen LogP contribution in [0, 0.1) is 5.82 Å². The van der Waals surface area contributed by atoms with E-state index in [1.165, 1.54) is 12.1 Å². The summed E-state index contributed by atoms with van der Waals surface area (Å²) < 4.78 is 13.0. The highest BCUT2D eigenvalue weighted by Crippen LogP contribution is 2.15. The van der Waals surface area contributed by atoms with Crippen molar-refractivity contribution in [2.45, 2.75) is 10.4 Å². The molecule has 0 saturated heterocycles. The molecule has 1 aromatic carbocycles. The van der Waals surface area contributed by atoms with Crippen LogP contribution in [0.3, 0.4) is 0 Å². The van der Waals surface area contributed by atoms with Crippen LogP contribution in [-0.2, 0) is 0 Å². The van der Waals surface area contributed by atoms with Gasteiger partial charge in [-0.3, -0.25) is 4.79 Å². The van der Waals surface area contributed by atoms with E-state index in [-0.39, 0.29) is 10.5 Å². The second kappa shape index (κ2) is 6.14. The number of aliphatic hydroxyl groups excluding tert-OH is 3. The van der Waals surface area contributed by atoms with Crippen molar-refractivity contribution in [2.24, 2.45) is 0 Å². The van der Waals surface area contributed by atoms with Crippen LogP contribution in [0.1, 0.15) is 10.4 Å². The van der Waals surface area contributed by atoms with Crippen LogP contribution in [0.4, 0.5) is 4.39 Å². The van der Waals surface area contributed by atoms with Crippen LogP contribution in [0.25, 0.3) is 0 Å². The maximum Gasteiger partial charge on any atom is 0.251 e. The van der Waals surface area contributed by atoms with Crippen molar-refractivity contribution in [1.29, 1.82) is 0 Å². The third-order valence-corrected chi connectivity index (χ3v) is 2.84. The van der Waals surface area contributed by atoms with Gasteiger partial charge in [-0.05, 0) is 18.2 Å². The molecule has 18 heavy (non-hydrogen) atoms. The number of halogens is 1. The number of aliphatic hydroxyl groups is 3. The third-order valence-electron chi connectivity index (χ3n) is 2.50. The highest BCUT2D eigenvalue weighted by atomic mass is 32.1. The summed E-state index contributed by atoms with van der Waals surface area (Å²) in [5, 5.41) is 29.5. The fraction of sp³-hybridized carbons (Fsp3) is 0.364. The lowest BCUT2D eigenvalue weighted by molar-refractivity contribution is 0.0375. The molecule has 0 saturated carbocycles. The van der Waals surface area contributed by atoms with Gasteiger partial charge in [0.25, 0.3) is 5.91 Å². The number of hydrogen-bond acceptors (Lipinski definition) is 5. The van der Waals surface area contributed by atoms with Crippen molar-refractivity contribution >= 4 is 18.5 Å². The highest BCUT2D eigenvalue weighted by molar-refractivity contribution is 7.80. The summed E-state index contributed by atoms with van der Waals surface area (Å²) >= 11 is 3.84. The summed E-state index contributed by atoms with van der Waals surface area (Å²) in [6, 6.07) is 3.53. The minimum Gasteiger partial charge on any atom is -0.394 e. The molecule has 5 nitrogen and oxygen atoms in total. The first-order chi connectivity index (χ1) is 8.48. The number of amides is 1. The number of nitrogens with one attached hydrogen (secondary N) is 1. The average molecular weight is 275 g/mol. The molecule has 1 aromatic rings. The van der Waals surface area contributed by atoms with E-state index in [9.17, 15) is 9.18 Å². The molecule has 4 N–H and O–H groups in total. The molecule has 1 rings (SSSR count). The molecule has 7 heteroatoms. The van der Waals surface area contributed by atoms with E-state index in [0.717, 1.165) is 6.07 Å². The topological polar surface area (TPSA) is 89.8 Å². The van der Waals surface area contributed by atoms with E-state index in [4.69, 9.17) is 15.3 Å². The lowest BCUT2D eigenvalue weighted by atomic mass is 10.0. The Bertz CT molecular complexity index is 429. The number of carbonyl (C=O) groups excluding carboxylic acids is 1. The first-order valence-electron chi connectivity index (χ1n) is 5.11. The van der Waals surface area contributed by atoms with E-state index in [2.05, 4.69) is 17.9 Å². The third kappa shape index (κ3) is 3.20. The largest absolute Gasteiger partial charge is 0.394 e. The van der Waals surface area contributed by atoms with E-state index >= 15 is 0 Å². The van der Waals surface area contributed by atoms with Gasteiger partial charge in [-0.25, -0.2) is 4.39 Å². The van der Waals surface area contributed by atoms with Gasteiger partial charge in [0.15, 0.2) is 0 Å². The van der Waals surface area contributed by atoms with Crippen LogP contribution in [-0.4, -0.2) is 46.6 Å². The van der Waals surface area contributed by atoms with Crippen molar-refractivity contribution in [2.75, 3.05) is 19.8 Å². The van der Waals surface area contributed by atoms with Gasteiger partial charge in [-0.15, -0.1) is 12.6 Å². The van der Waals surface area contributed by atoms with Gasteiger partial charge in [0.05, 0.1) is 19.8 Å². The molecule has 0 aliphatic carbocycles. The molecule has 0 spiro atoms. The van der Waals surface area contributed by atoms with Crippen LogP contribution in [0.15, 0.2) is 23.1 Å². The van der Waals surface area contributed by atoms with Gasteiger partial charge in [-0.1, -0.05) is 0 Å². The van der Waals surface area contributed by atoms with Crippen molar-refractivity contribution < 1.29 is 24.5 Å². The molecule has 0 bridgehead atoms. The fourth-order valence-electron chi connectivity index (χ4n) is 1.24. The Balaban J connectivity index is 2.90. The second-order valence-electron chi connectivity index (χ2n) is 3.87. The Morgan fingerprint density at radius 3 is 2.28 bits per heavy atom. The summed E-state index contributed by atoms with van der Waals surface area (Å²) in [5.74, 6) is -1.21. The SMILES string of the molecule is O=C(NC(CO)(CO)CO)c1ccc(F)c(S)c1. The molecule has 0 aromatic heterocycles. The minimum absolute atomic E-state index is 0.00486. The summed E-state index contributed by atoms with van der Waals surface area (Å²) in [7, 11) is 0. The summed E-state index contributed by atoms with van der Waals surface area (Å²) in [6.07, 6.45) is 0. The molecule has 0 aliphatic rings. The maximum absolute atomic E-state index is 13.0. The lowest BCUT2D eigenvalue weighted by Crippen LogP contribution is -2.57. The normalized spacial score (nSPS) is 11.4. The van der Waals surface area contributed by atoms with Crippen LogP contribution >= 0.6 is 12.6 Å². The van der Waals surface area contributed by atoms with Gasteiger partial charge in [0.1, 0.15) is 11.4 Å². The predicted molar refractivity (Wildman–Crippen MR) is 65.1 cm³/mol. The molecule has 100 valence electrons. The molecule has 0 unspecified atom stereocenters. The first-order valence-corrected chi connectivity index (χ1v) is 5.56. The molecule has 1 amide bonds. The minimum atomic E-state index is -1.51. The van der Waals surface area contributed by atoms with Crippen LogP contribution in [0.5, 0.6) is 0 Å².